The van der Waals surface area contributed by atoms with Crippen LogP contribution in [-0.4, -0.2) is 104 Å². The van der Waals surface area contributed by atoms with E-state index in [1.54, 1.807) is 30.3 Å². The van der Waals surface area contributed by atoms with Crippen LogP contribution in [0.25, 0.3) is 21.9 Å². The molecule has 2 N–H and O–H groups in total. The Morgan fingerprint density at radius 2 is 1.47 bits per heavy atom. The molecule has 292 valence electrons. The van der Waals surface area contributed by atoms with Crippen molar-refractivity contribution >= 4 is 35.1 Å². The quantitative estimate of drug-likeness (QED) is 0.148. The van der Waals surface area contributed by atoms with Gasteiger partial charge in [0.2, 0.25) is 19.2 Å². The van der Waals surface area contributed by atoms with Crippen molar-refractivity contribution in [3.05, 3.63) is 77.9 Å². The number of nitrogens with zero attached hydrogens (tertiary/aromatic N) is 1. The van der Waals surface area contributed by atoms with Crippen LogP contribution in [0.1, 0.15) is 34.0 Å². The molecule has 1 fully saturated rings. The fraction of sp³-hybridized carbons (Fsp3) is 0.368. The lowest BCUT2D eigenvalue weighted by molar-refractivity contribution is -0.271. The Morgan fingerprint density at radius 1 is 0.836 bits per heavy atom. The van der Waals surface area contributed by atoms with Gasteiger partial charge in [0, 0.05) is 30.6 Å². The van der Waals surface area contributed by atoms with Gasteiger partial charge in [0.05, 0.1) is 18.8 Å². The first-order chi connectivity index (χ1) is 26.5. The number of carbonyl (C=O) groups excluding carboxylic acids is 4. The van der Waals surface area contributed by atoms with Crippen LogP contribution in [0.5, 0.6) is 17.2 Å². The summed E-state index contributed by atoms with van der Waals surface area (Å²) in [5, 5.41) is 21.4. The SMILES string of the molecule is C=CCOC(=O)O[C@H]1[C@H](OC(=O)N(C)C)[C@@H](OC(=O)OCC=C)C(Oc2c3c(c(-c4ccc5c(c4)OCO5)c4cc(CO)c(CO)cc24)C(=O)OC3)O[C@@H]1C. The van der Waals surface area contributed by atoms with E-state index >= 15 is 0 Å². The fourth-order valence-corrected chi connectivity index (χ4v) is 6.37. The minimum atomic E-state index is -1.69. The van der Waals surface area contributed by atoms with Crippen molar-refractivity contribution in [1.29, 1.82) is 0 Å². The van der Waals surface area contributed by atoms with E-state index in [9.17, 15) is 29.4 Å². The van der Waals surface area contributed by atoms with Gasteiger partial charge in [-0.05, 0) is 53.3 Å². The molecule has 1 unspecified atom stereocenters. The van der Waals surface area contributed by atoms with Gasteiger partial charge in [0.1, 0.15) is 31.7 Å². The smallest absolute Gasteiger partial charge is 0.460 e. The molecule has 1 saturated heterocycles. The summed E-state index contributed by atoms with van der Waals surface area (Å²) in [5.74, 6) is 0.283. The second-order valence-electron chi connectivity index (χ2n) is 12.6. The van der Waals surface area contributed by atoms with Crippen LogP contribution < -0.4 is 14.2 Å². The Labute approximate surface area is 314 Å². The highest BCUT2D eigenvalue weighted by molar-refractivity contribution is 6.13. The van der Waals surface area contributed by atoms with Gasteiger partial charge in [-0.25, -0.2) is 19.2 Å². The summed E-state index contributed by atoms with van der Waals surface area (Å²) in [6.45, 7) is 6.90. The van der Waals surface area contributed by atoms with E-state index in [2.05, 4.69) is 13.2 Å². The summed E-state index contributed by atoms with van der Waals surface area (Å²) < 4.78 is 56.5. The van der Waals surface area contributed by atoms with Crippen molar-refractivity contribution in [3.63, 3.8) is 0 Å². The molecule has 0 spiro atoms. The number of benzene rings is 3. The predicted octanol–water partition coefficient (Wildman–Crippen LogP) is 4.50. The van der Waals surface area contributed by atoms with Crippen LogP contribution in [-0.2, 0) is 53.0 Å². The third kappa shape index (κ3) is 7.80. The molecule has 3 aromatic rings. The Balaban J connectivity index is 1.53. The lowest BCUT2D eigenvalue weighted by Gasteiger charge is -2.43. The Bertz CT molecular complexity index is 2010. The van der Waals surface area contributed by atoms with Crippen molar-refractivity contribution < 1.29 is 76.8 Å². The summed E-state index contributed by atoms with van der Waals surface area (Å²) in [5.41, 5.74) is 2.05. The highest BCUT2D eigenvalue weighted by Gasteiger charge is 2.53. The molecule has 0 bridgehead atoms. The van der Waals surface area contributed by atoms with Crippen molar-refractivity contribution in [1.82, 2.24) is 4.90 Å². The highest BCUT2D eigenvalue weighted by atomic mass is 16.8. The van der Waals surface area contributed by atoms with Crippen molar-refractivity contribution in [2.24, 2.45) is 0 Å². The first kappa shape index (κ1) is 38.7. The number of carbonyl (C=O) groups is 4. The maximum atomic E-state index is 13.6. The minimum absolute atomic E-state index is 0.0118. The number of ether oxygens (including phenoxy) is 10. The summed E-state index contributed by atoms with van der Waals surface area (Å²) in [7, 11) is 2.82. The normalized spacial score (nSPS) is 20.8. The first-order valence-electron chi connectivity index (χ1n) is 17.0. The van der Waals surface area contributed by atoms with Crippen LogP contribution in [0, 0.1) is 0 Å². The van der Waals surface area contributed by atoms with Gasteiger partial charge < -0.3 is 62.5 Å². The van der Waals surface area contributed by atoms with Gasteiger partial charge in [-0.1, -0.05) is 31.4 Å². The molecule has 0 radical (unpaired) electrons. The van der Waals surface area contributed by atoms with E-state index in [1.165, 1.54) is 33.2 Å². The van der Waals surface area contributed by atoms with Crippen molar-refractivity contribution in [2.75, 3.05) is 34.1 Å². The topological polar surface area (TPSA) is 204 Å². The maximum Gasteiger partial charge on any atom is 0.509 e. The van der Waals surface area contributed by atoms with Gasteiger partial charge in [-0.2, -0.15) is 0 Å². The maximum absolute atomic E-state index is 13.6. The van der Waals surface area contributed by atoms with Gasteiger partial charge in [-0.15, -0.1) is 0 Å². The molecule has 17 heteroatoms. The molecular formula is C38H39NO16. The Morgan fingerprint density at radius 3 is 2.11 bits per heavy atom. The summed E-state index contributed by atoms with van der Waals surface area (Å²) in [4.78, 5) is 53.5. The molecule has 3 aromatic carbocycles. The lowest BCUT2D eigenvalue weighted by atomic mass is 9.87. The number of aliphatic hydroxyl groups is 2. The van der Waals surface area contributed by atoms with Gasteiger partial charge in [0.25, 0.3) is 0 Å². The molecule has 55 heavy (non-hydrogen) atoms. The molecule has 5 atom stereocenters. The number of amides is 1. The molecule has 17 nitrogen and oxygen atoms in total. The van der Waals surface area contributed by atoms with E-state index in [0.29, 0.717) is 44.5 Å². The number of cyclic esters (lactones) is 1. The number of rotatable bonds is 12. The number of hydrogen-bond donors (Lipinski definition) is 2. The average Bonchev–Trinajstić information content (AvgIpc) is 3.81. The molecule has 1 amide bonds. The fourth-order valence-electron chi connectivity index (χ4n) is 6.37. The molecule has 3 aliphatic rings. The molecule has 0 aromatic heterocycles. The molecule has 6 rings (SSSR count). The van der Waals surface area contributed by atoms with Crippen LogP contribution in [0.2, 0.25) is 0 Å². The summed E-state index contributed by atoms with van der Waals surface area (Å²) in [6.07, 6.45) is -8.13. The zero-order valence-corrected chi connectivity index (χ0v) is 30.1. The summed E-state index contributed by atoms with van der Waals surface area (Å²) in [6, 6.07) is 8.34. The standard InChI is InChI=1S/C38H39NO16/c1-6-10-46-37(44)54-30-19(3)51-35(33(55-38(45)47-11-7-2)32(30)53-36(43)39(4)5)52-31-24-13-22(16-41)21(15-40)12-23(24)28(29-25(31)17-48-34(29)42)20-8-9-26-27(14-20)50-18-49-26/h6-9,12-14,19,30,32-33,35,40-41H,1-2,10-11,15-18H2,3-5H3/t19-,30-,32+,33-,35?/m1/s1. The molecule has 3 aliphatic heterocycles. The van der Waals surface area contributed by atoms with E-state index < -0.39 is 68.3 Å². The predicted molar refractivity (Wildman–Crippen MR) is 188 cm³/mol. The van der Waals surface area contributed by atoms with Gasteiger partial charge in [0.15, 0.2) is 23.7 Å². The molecule has 0 saturated carbocycles. The van der Waals surface area contributed by atoms with E-state index in [4.69, 9.17) is 47.4 Å². The van der Waals surface area contributed by atoms with Crippen LogP contribution in [0.3, 0.4) is 0 Å². The third-order valence-electron chi connectivity index (χ3n) is 8.90. The second kappa shape index (κ2) is 16.5. The second-order valence-corrected chi connectivity index (χ2v) is 12.6. The number of hydrogen-bond acceptors (Lipinski definition) is 16. The van der Waals surface area contributed by atoms with E-state index in [-0.39, 0.29) is 43.5 Å². The monoisotopic (exact) mass is 765 g/mol. The average molecular weight is 766 g/mol. The lowest BCUT2D eigenvalue weighted by Crippen LogP contribution is -2.62. The molecular weight excluding hydrogens is 726 g/mol. The first-order valence-corrected chi connectivity index (χ1v) is 17.0. The van der Waals surface area contributed by atoms with Gasteiger partial charge >= 0.3 is 24.4 Å². The van der Waals surface area contributed by atoms with Crippen molar-refractivity contribution in [3.8, 4) is 28.4 Å². The Hall–Kier alpha value is -6.04. The number of aliphatic hydroxyl groups excluding tert-OH is 2. The van der Waals surface area contributed by atoms with Crippen LogP contribution >= 0.6 is 0 Å². The molecule has 3 heterocycles. The molecule has 0 aliphatic carbocycles. The van der Waals surface area contributed by atoms with Crippen LogP contribution in [0.15, 0.2) is 55.6 Å². The third-order valence-corrected chi connectivity index (χ3v) is 8.90. The van der Waals surface area contributed by atoms with Crippen LogP contribution in [0.4, 0.5) is 14.4 Å². The summed E-state index contributed by atoms with van der Waals surface area (Å²) >= 11 is 0. The van der Waals surface area contributed by atoms with Gasteiger partial charge in [-0.3, -0.25) is 0 Å². The Kier molecular flexibility index (Phi) is 11.6. The van der Waals surface area contributed by atoms with E-state index in [0.717, 1.165) is 4.90 Å². The number of fused-ring (bicyclic) bond motifs is 3. The zero-order chi connectivity index (χ0) is 39.4. The largest absolute Gasteiger partial charge is 0.509 e. The minimum Gasteiger partial charge on any atom is -0.460 e. The number of esters is 1. The zero-order valence-electron chi connectivity index (χ0n) is 30.1. The van der Waals surface area contributed by atoms with Crippen molar-refractivity contribution in [2.45, 2.75) is 57.5 Å². The highest BCUT2D eigenvalue weighted by Crippen LogP contribution is 2.48. The van der Waals surface area contributed by atoms with E-state index in [1.807, 2.05) is 0 Å².